The van der Waals surface area contributed by atoms with Crippen LogP contribution in [-0.4, -0.2) is 22.9 Å². The summed E-state index contributed by atoms with van der Waals surface area (Å²) in [6.07, 6.45) is 8.01. The number of hydrogen-bond donors (Lipinski definition) is 0. The highest BCUT2D eigenvalue weighted by Gasteiger charge is 2.60. The lowest BCUT2D eigenvalue weighted by Crippen LogP contribution is -2.46. The van der Waals surface area contributed by atoms with E-state index in [0.29, 0.717) is 23.9 Å². The fourth-order valence-corrected chi connectivity index (χ4v) is 4.23. The van der Waals surface area contributed by atoms with Crippen LogP contribution in [0.2, 0.25) is 0 Å². The van der Waals surface area contributed by atoms with Gasteiger partial charge in [0.1, 0.15) is 0 Å². The van der Waals surface area contributed by atoms with E-state index in [9.17, 15) is 4.79 Å². The molecule has 0 heterocycles. The maximum Gasteiger partial charge on any atom is 0.229 e. The molecule has 0 radical (unpaired) electrons. The molecular weight excluding hydrogens is 234 g/mol. The van der Waals surface area contributed by atoms with Crippen LogP contribution in [0.15, 0.2) is 0 Å². The number of carbonyl (C=O) groups excluding carboxylic acids is 1. The van der Waals surface area contributed by atoms with Gasteiger partial charge in [0.15, 0.2) is 0 Å². The molecule has 2 aliphatic carbocycles. The summed E-state index contributed by atoms with van der Waals surface area (Å²) in [6, 6.07) is 0.633. The minimum atomic E-state index is -0.0451. The zero-order chi connectivity index (χ0) is 14.2. The maximum atomic E-state index is 12.9. The first-order chi connectivity index (χ1) is 8.88. The van der Waals surface area contributed by atoms with Gasteiger partial charge in [-0.25, -0.2) is 0 Å². The Hall–Kier alpha value is -0.530. The molecule has 0 spiro atoms. The van der Waals surface area contributed by atoms with E-state index in [-0.39, 0.29) is 5.41 Å². The predicted molar refractivity (Wildman–Crippen MR) is 79.9 cm³/mol. The average Bonchev–Trinajstić information content (AvgIpc) is 3.03. The van der Waals surface area contributed by atoms with Crippen LogP contribution in [0.3, 0.4) is 0 Å². The average molecular weight is 265 g/mol. The molecule has 0 aromatic carbocycles. The summed E-state index contributed by atoms with van der Waals surface area (Å²) in [7, 11) is 0. The Morgan fingerprint density at radius 3 is 2.05 bits per heavy atom. The third-order valence-electron chi connectivity index (χ3n) is 5.36. The topological polar surface area (TPSA) is 20.3 Å². The number of carbonyl (C=O) groups is 1. The normalized spacial score (nSPS) is 31.8. The molecule has 2 nitrogen and oxygen atoms in total. The van der Waals surface area contributed by atoms with Crippen LogP contribution in [0.4, 0.5) is 0 Å². The van der Waals surface area contributed by atoms with Crippen LogP contribution in [0.1, 0.15) is 73.1 Å². The van der Waals surface area contributed by atoms with Crippen LogP contribution < -0.4 is 0 Å². The molecule has 2 saturated carbocycles. The molecule has 0 bridgehead atoms. The van der Waals surface area contributed by atoms with Crippen molar-refractivity contribution in [1.82, 2.24) is 4.90 Å². The van der Waals surface area contributed by atoms with Crippen molar-refractivity contribution in [3.05, 3.63) is 0 Å². The van der Waals surface area contributed by atoms with Gasteiger partial charge in [-0.2, -0.15) is 0 Å². The van der Waals surface area contributed by atoms with Crippen LogP contribution in [-0.2, 0) is 4.79 Å². The molecule has 0 N–H and O–H groups in total. The molecule has 0 aliphatic heterocycles. The van der Waals surface area contributed by atoms with Crippen molar-refractivity contribution in [3.63, 3.8) is 0 Å². The molecule has 0 saturated heterocycles. The first kappa shape index (κ1) is 14.9. The summed E-state index contributed by atoms with van der Waals surface area (Å²) < 4.78 is 0. The Balaban J connectivity index is 2.03. The van der Waals surface area contributed by atoms with E-state index in [2.05, 4.69) is 39.5 Å². The molecule has 19 heavy (non-hydrogen) atoms. The number of nitrogens with zero attached hydrogens (tertiary/aromatic N) is 1. The second kappa shape index (κ2) is 5.46. The Morgan fingerprint density at radius 2 is 1.58 bits per heavy atom. The predicted octanol–water partition coefficient (Wildman–Crippen LogP) is 4.24. The Kier molecular flexibility index (Phi) is 4.27. The fraction of sp³-hybridized carbons (Fsp3) is 0.941. The summed E-state index contributed by atoms with van der Waals surface area (Å²) in [4.78, 5) is 15.0. The van der Waals surface area contributed by atoms with Gasteiger partial charge in [-0.15, -0.1) is 0 Å². The third-order valence-corrected chi connectivity index (χ3v) is 5.36. The zero-order valence-electron chi connectivity index (χ0n) is 13.4. The summed E-state index contributed by atoms with van der Waals surface area (Å²) in [5.41, 5.74) is -0.0451. The quantitative estimate of drug-likeness (QED) is 0.744. The van der Waals surface area contributed by atoms with Crippen molar-refractivity contribution in [1.29, 1.82) is 0 Å². The lowest BCUT2D eigenvalue weighted by atomic mass is 9.82. The van der Waals surface area contributed by atoms with E-state index >= 15 is 0 Å². The SMILES string of the molecule is CC(C)N(C(=O)[C@]1(C)C[C@H]1C1CCCCC1)C(C)C. The van der Waals surface area contributed by atoms with Gasteiger partial charge >= 0.3 is 0 Å². The Labute approximate surface area is 118 Å². The zero-order valence-corrected chi connectivity index (χ0v) is 13.4. The lowest BCUT2D eigenvalue weighted by molar-refractivity contribution is -0.141. The van der Waals surface area contributed by atoms with Crippen molar-refractivity contribution in [2.75, 3.05) is 0 Å². The molecular formula is C17H31NO. The highest BCUT2D eigenvalue weighted by atomic mass is 16.2. The summed E-state index contributed by atoms with van der Waals surface area (Å²) in [6.45, 7) is 10.8. The first-order valence-electron chi connectivity index (χ1n) is 8.20. The second-order valence-corrected chi connectivity index (χ2v) is 7.53. The van der Waals surface area contributed by atoms with Crippen LogP contribution in [0, 0.1) is 17.3 Å². The Bertz CT molecular complexity index is 322. The third kappa shape index (κ3) is 2.83. The van der Waals surface area contributed by atoms with Crippen molar-refractivity contribution < 1.29 is 4.79 Å². The highest BCUT2D eigenvalue weighted by Crippen LogP contribution is 2.60. The molecule has 0 unspecified atom stereocenters. The Morgan fingerprint density at radius 1 is 1.05 bits per heavy atom. The summed E-state index contributed by atoms with van der Waals surface area (Å²) in [5, 5.41) is 0. The van der Waals surface area contributed by atoms with Gasteiger partial charge in [0, 0.05) is 12.1 Å². The van der Waals surface area contributed by atoms with E-state index in [1.807, 2.05) is 0 Å². The van der Waals surface area contributed by atoms with Gasteiger partial charge in [-0.3, -0.25) is 4.79 Å². The van der Waals surface area contributed by atoms with E-state index in [4.69, 9.17) is 0 Å². The lowest BCUT2D eigenvalue weighted by Gasteiger charge is -2.34. The molecule has 2 heteroatoms. The van der Waals surface area contributed by atoms with Gasteiger partial charge in [0.2, 0.25) is 5.91 Å². The summed E-state index contributed by atoms with van der Waals surface area (Å²) in [5.74, 6) is 1.90. The largest absolute Gasteiger partial charge is 0.337 e. The van der Waals surface area contributed by atoms with Gasteiger partial charge in [0.05, 0.1) is 5.41 Å². The number of hydrogen-bond acceptors (Lipinski definition) is 1. The minimum absolute atomic E-state index is 0.0451. The van der Waals surface area contributed by atoms with Gasteiger partial charge < -0.3 is 4.90 Å². The van der Waals surface area contributed by atoms with E-state index < -0.39 is 0 Å². The van der Waals surface area contributed by atoms with E-state index in [0.717, 1.165) is 12.3 Å². The van der Waals surface area contributed by atoms with Crippen molar-refractivity contribution in [2.45, 2.75) is 85.2 Å². The molecule has 2 fully saturated rings. The molecule has 2 atom stereocenters. The van der Waals surface area contributed by atoms with Crippen molar-refractivity contribution in [2.24, 2.45) is 17.3 Å². The molecule has 2 aliphatic rings. The molecule has 1 amide bonds. The van der Waals surface area contributed by atoms with Crippen LogP contribution in [0.5, 0.6) is 0 Å². The first-order valence-corrected chi connectivity index (χ1v) is 8.20. The van der Waals surface area contributed by atoms with Crippen molar-refractivity contribution in [3.8, 4) is 0 Å². The van der Waals surface area contributed by atoms with Gasteiger partial charge in [-0.05, 0) is 46.0 Å². The number of amides is 1. The number of rotatable bonds is 4. The molecule has 0 aromatic heterocycles. The minimum Gasteiger partial charge on any atom is -0.337 e. The molecule has 110 valence electrons. The monoisotopic (exact) mass is 265 g/mol. The smallest absolute Gasteiger partial charge is 0.229 e. The van der Waals surface area contributed by atoms with Gasteiger partial charge in [-0.1, -0.05) is 39.0 Å². The standard InChI is InChI=1S/C17H31NO/c1-12(2)18(13(3)4)16(19)17(5)11-15(17)14-9-7-6-8-10-14/h12-15H,6-11H2,1-5H3/t15-,17+/m0/s1. The molecule has 0 aromatic rings. The maximum absolute atomic E-state index is 12.9. The fourth-order valence-electron chi connectivity index (χ4n) is 4.23. The van der Waals surface area contributed by atoms with Gasteiger partial charge in [0.25, 0.3) is 0 Å². The van der Waals surface area contributed by atoms with E-state index in [1.165, 1.54) is 32.1 Å². The van der Waals surface area contributed by atoms with Crippen molar-refractivity contribution >= 4 is 5.91 Å². The summed E-state index contributed by atoms with van der Waals surface area (Å²) >= 11 is 0. The van der Waals surface area contributed by atoms with Crippen LogP contribution >= 0.6 is 0 Å². The molecule has 2 rings (SSSR count). The van der Waals surface area contributed by atoms with E-state index in [1.54, 1.807) is 0 Å². The van der Waals surface area contributed by atoms with Crippen LogP contribution in [0.25, 0.3) is 0 Å². The highest BCUT2D eigenvalue weighted by molar-refractivity contribution is 5.86. The second-order valence-electron chi connectivity index (χ2n) is 7.53.